The van der Waals surface area contributed by atoms with Crippen molar-refractivity contribution < 1.29 is 19.7 Å². The van der Waals surface area contributed by atoms with Crippen molar-refractivity contribution in [3.05, 3.63) is 6.10 Å². The first-order valence-electron chi connectivity index (χ1n) is 3.09. The molecule has 59 valence electrons. The molecule has 2 N–H and O–H groups in total. The molecule has 1 aliphatic rings. The summed E-state index contributed by atoms with van der Waals surface area (Å²) in [7, 11) is 1.47. The van der Waals surface area contributed by atoms with Crippen molar-refractivity contribution in [3.8, 4) is 0 Å². The van der Waals surface area contributed by atoms with E-state index in [2.05, 4.69) is 0 Å². The summed E-state index contributed by atoms with van der Waals surface area (Å²) in [4.78, 5) is 0. The van der Waals surface area contributed by atoms with Gasteiger partial charge in [-0.2, -0.15) is 0 Å². The number of methoxy groups -OCH3 is 1. The van der Waals surface area contributed by atoms with Gasteiger partial charge in [-0.1, -0.05) is 0 Å². The van der Waals surface area contributed by atoms with Crippen LogP contribution < -0.4 is 0 Å². The Kier molecular flexibility index (Phi) is 2.62. The third-order valence-corrected chi connectivity index (χ3v) is 1.55. The summed E-state index contributed by atoms with van der Waals surface area (Å²) < 4.78 is 9.81. The zero-order valence-corrected chi connectivity index (χ0v) is 5.78. The van der Waals surface area contributed by atoms with Gasteiger partial charge in [-0.05, 0) is 0 Å². The highest BCUT2D eigenvalue weighted by atomic mass is 16.6. The maximum atomic E-state index is 9.05. The van der Waals surface area contributed by atoms with Crippen molar-refractivity contribution in [2.75, 3.05) is 20.3 Å². The van der Waals surface area contributed by atoms with Crippen LogP contribution >= 0.6 is 0 Å². The quantitative estimate of drug-likeness (QED) is 0.542. The van der Waals surface area contributed by atoms with Gasteiger partial charge in [-0.25, -0.2) is 0 Å². The Bertz CT molecular complexity index is 106. The predicted molar refractivity (Wildman–Crippen MR) is 32.8 cm³/mol. The van der Waals surface area contributed by atoms with Crippen LogP contribution in [0.3, 0.4) is 0 Å². The molecule has 1 heterocycles. The number of ether oxygens (including phenoxy) is 2. The standard InChI is InChI=1S/C6H11O4/c1-9-6-4(8)3-10-5(6)2-7/h5-8H,2-3H2,1H3/t5-,6+/m1/s1. The molecule has 4 heteroatoms. The molecule has 0 aromatic carbocycles. The lowest BCUT2D eigenvalue weighted by Gasteiger charge is -2.14. The molecule has 4 nitrogen and oxygen atoms in total. The van der Waals surface area contributed by atoms with Crippen molar-refractivity contribution in [1.82, 2.24) is 0 Å². The van der Waals surface area contributed by atoms with E-state index in [4.69, 9.17) is 19.7 Å². The van der Waals surface area contributed by atoms with Gasteiger partial charge in [0.05, 0.1) is 13.2 Å². The summed E-state index contributed by atoms with van der Waals surface area (Å²) in [6.07, 6.45) is -0.698. The lowest BCUT2D eigenvalue weighted by Crippen LogP contribution is -2.30. The average molecular weight is 147 g/mol. The van der Waals surface area contributed by atoms with E-state index < -0.39 is 12.2 Å². The highest BCUT2D eigenvalue weighted by Crippen LogP contribution is 2.21. The maximum absolute atomic E-state index is 9.05. The van der Waals surface area contributed by atoms with Crippen molar-refractivity contribution in [1.29, 1.82) is 0 Å². The lowest BCUT2D eigenvalue weighted by atomic mass is 10.1. The van der Waals surface area contributed by atoms with Crippen LogP contribution in [0.25, 0.3) is 0 Å². The van der Waals surface area contributed by atoms with Gasteiger partial charge in [0.2, 0.25) is 0 Å². The highest BCUT2D eigenvalue weighted by Gasteiger charge is 2.36. The summed E-state index contributed by atoms with van der Waals surface area (Å²) in [6.45, 7) is 0.0479. The third-order valence-electron chi connectivity index (χ3n) is 1.55. The topological polar surface area (TPSA) is 58.9 Å². The smallest absolute Gasteiger partial charge is 0.150 e. The molecule has 1 radical (unpaired) electrons. The van der Waals surface area contributed by atoms with Gasteiger partial charge in [0, 0.05) is 7.11 Å². The van der Waals surface area contributed by atoms with E-state index in [0.717, 1.165) is 0 Å². The van der Waals surface area contributed by atoms with Crippen molar-refractivity contribution >= 4 is 0 Å². The number of rotatable bonds is 2. The fourth-order valence-corrected chi connectivity index (χ4v) is 1.01. The van der Waals surface area contributed by atoms with Gasteiger partial charge in [-0.3, -0.25) is 0 Å². The molecule has 1 aliphatic heterocycles. The fourth-order valence-electron chi connectivity index (χ4n) is 1.01. The zero-order valence-electron chi connectivity index (χ0n) is 5.78. The van der Waals surface area contributed by atoms with E-state index in [0.29, 0.717) is 0 Å². The molecule has 2 atom stereocenters. The van der Waals surface area contributed by atoms with Gasteiger partial charge in [0.25, 0.3) is 0 Å². The van der Waals surface area contributed by atoms with Crippen LogP contribution in [0.1, 0.15) is 0 Å². The predicted octanol–water partition coefficient (Wildman–Crippen LogP) is -0.703. The molecule has 0 unspecified atom stereocenters. The first-order valence-corrected chi connectivity index (χ1v) is 3.09. The molecule has 1 saturated heterocycles. The molecule has 0 spiro atoms. The lowest BCUT2D eigenvalue weighted by molar-refractivity contribution is -0.0183. The van der Waals surface area contributed by atoms with E-state index in [-0.39, 0.29) is 19.3 Å². The van der Waals surface area contributed by atoms with Crippen LogP contribution in [0, 0.1) is 6.10 Å². The van der Waals surface area contributed by atoms with E-state index >= 15 is 0 Å². The highest BCUT2D eigenvalue weighted by molar-refractivity contribution is 4.97. The maximum Gasteiger partial charge on any atom is 0.150 e. The van der Waals surface area contributed by atoms with E-state index in [1.54, 1.807) is 0 Å². The first-order chi connectivity index (χ1) is 4.79. The largest absolute Gasteiger partial charge is 0.394 e. The second-order valence-corrected chi connectivity index (χ2v) is 2.18. The van der Waals surface area contributed by atoms with Gasteiger partial charge >= 0.3 is 0 Å². The molecule has 0 aliphatic carbocycles. The summed E-state index contributed by atoms with van der Waals surface area (Å²) in [5.41, 5.74) is 0. The minimum absolute atomic E-state index is 0.122. The number of aliphatic hydroxyl groups is 2. The first kappa shape index (κ1) is 7.94. The van der Waals surface area contributed by atoms with Crippen molar-refractivity contribution in [2.45, 2.75) is 12.2 Å². The Morgan fingerprint density at radius 1 is 1.80 bits per heavy atom. The van der Waals surface area contributed by atoms with Crippen molar-refractivity contribution in [2.24, 2.45) is 0 Å². The summed E-state index contributed by atoms with van der Waals surface area (Å²) in [5.74, 6) is 0. The van der Waals surface area contributed by atoms with E-state index in [1.165, 1.54) is 7.11 Å². The molecular weight excluding hydrogens is 136 g/mol. The second kappa shape index (κ2) is 3.30. The summed E-state index contributed by atoms with van der Waals surface area (Å²) >= 11 is 0. The molecule has 10 heavy (non-hydrogen) atoms. The fraction of sp³-hybridized carbons (Fsp3) is 0.833. The normalized spacial score (nSPS) is 35.1. The Labute approximate surface area is 59.4 Å². The summed E-state index contributed by atoms with van der Waals surface area (Å²) in [6, 6.07) is 0. The molecule has 1 fully saturated rings. The van der Waals surface area contributed by atoms with Gasteiger partial charge in [0.15, 0.2) is 0 Å². The summed E-state index contributed by atoms with van der Waals surface area (Å²) in [5, 5.41) is 17.7. The van der Waals surface area contributed by atoms with Crippen LogP contribution in [-0.4, -0.2) is 42.7 Å². The molecule has 0 aromatic rings. The van der Waals surface area contributed by atoms with Crippen LogP contribution in [0.2, 0.25) is 0 Å². The monoisotopic (exact) mass is 147 g/mol. The van der Waals surface area contributed by atoms with Gasteiger partial charge in [0.1, 0.15) is 18.3 Å². The minimum Gasteiger partial charge on any atom is -0.394 e. The second-order valence-electron chi connectivity index (χ2n) is 2.18. The Hall–Kier alpha value is -0.160. The zero-order chi connectivity index (χ0) is 7.56. The van der Waals surface area contributed by atoms with Crippen molar-refractivity contribution in [3.63, 3.8) is 0 Å². The average Bonchev–Trinajstić information content (AvgIpc) is 2.30. The van der Waals surface area contributed by atoms with Crippen LogP contribution in [-0.2, 0) is 9.47 Å². The molecule has 1 rings (SSSR count). The van der Waals surface area contributed by atoms with Crippen LogP contribution in [0.5, 0.6) is 0 Å². The molecule has 0 bridgehead atoms. The van der Waals surface area contributed by atoms with Gasteiger partial charge < -0.3 is 19.7 Å². The number of hydrogen-bond acceptors (Lipinski definition) is 4. The Morgan fingerprint density at radius 2 is 2.50 bits per heavy atom. The Morgan fingerprint density at radius 3 is 2.90 bits per heavy atom. The Balaban J connectivity index is 2.45. The molecular formula is C6H11O4. The molecule has 0 saturated carbocycles. The van der Waals surface area contributed by atoms with Gasteiger partial charge in [-0.15, -0.1) is 0 Å². The van der Waals surface area contributed by atoms with E-state index in [1.807, 2.05) is 0 Å². The number of aliphatic hydroxyl groups excluding tert-OH is 2. The van der Waals surface area contributed by atoms with Crippen LogP contribution in [0.15, 0.2) is 0 Å². The number of hydrogen-bond donors (Lipinski definition) is 2. The SMILES string of the molecule is CO[C@H]1[C](O)CO[C@@H]1CO. The molecule has 0 aromatic heterocycles. The third kappa shape index (κ3) is 1.29. The van der Waals surface area contributed by atoms with E-state index in [9.17, 15) is 0 Å². The minimum atomic E-state index is -0.454. The molecule has 0 amide bonds. The van der Waals surface area contributed by atoms with Crippen LogP contribution in [0.4, 0.5) is 0 Å².